The van der Waals surface area contributed by atoms with Crippen molar-refractivity contribution in [2.75, 3.05) is 32.7 Å². The van der Waals surface area contributed by atoms with Crippen molar-refractivity contribution in [1.82, 2.24) is 9.80 Å². The summed E-state index contributed by atoms with van der Waals surface area (Å²) in [4.78, 5) is 28.6. The summed E-state index contributed by atoms with van der Waals surface area (Å²) in [5.74, 6) is 0.281. The third-order valence-corrected chi connectivity index (χ3v) is 4.87. The molecule has 6 heteroatoms. The lowest BCUT2D eigenvalue weighted by Crippen LogP contribution is -2.50. The van der Waals surface area contributed by atoms with Crippen molar-refractivity contribution in [1.29, 1.82) is 0 Å². The molecule has 0 radical (unpaired) electrons. The number of benzene rings is 1. The van der Waals surface area contributed by atoms with Crippen LogP contribution in [0, 0.1) is 0 Å². The van der Waals surface area contributed by atoms with Crippen LogP contribution in [0.5, 0.6) is 0 Å². The topological polar surface area (TPSA) is 66.6 Å². The number of carbonyl (C=O) groups is 2. The van der Waals surface area contributed by atoms with Gasteiger partial charge in [0, 0.05) is 38.2 Å². The van der Waals surface area contributed by atoms with Crippen molar-refractivity contribution >= 4 is 24.2 Å². The summed E-state index contributed by atoms with van der Waals surface area (Å²) in [5, 5.41) is 0. The first-order valence-corrected chi connectivity index (χ1v) is 9.51. The van der Waals surface area contributed by atoms with Crippen LogP contribution < -0.4 is 5.73 Å². The molecule has 1 aromatic carbocycles. The Morgan fingerprint density at radius 1 is 0.923 bits per heavy atom. The summed E-state index contributed by atoms with van der Waals surface area (Å²) in [6.45, 7) is 5.35. The minimum atomic E-state index is 0. The number of piperazine rings is 1. The number of hydrogen-bond donors (Lipinski definition) is 1. The van der Waals surface area contributed by atoms with E-state index in [2.05, 4.69) is 6.92 Å². The Kier molecular flexibility index (Phi) is 10.3. The minimum absolute atomic E-state index is 0. The molecule has 0 aliphatic carbocycles. The molecule has 2 amide bonds. The first-order chi connectivity index (χ1) is 12.2. The lowest BCUT2D eigenvalue weighted by atomic mass is 10.1. The van der Waals surface area contributed by atoms with E-state index >= 15 is 0 Å². The molecule has 5 nitrogen and oxygen atoms in total. The van der Waals surface area contributed by atoms with Gasteiger partial charge in [-0.3, -0.25) is 9.59 Å². The lowest BCUT2D eigenvalue weighted by Gasteiger charge is -2.35. The van der Waals surface area contributed by atoms with Gasteiger partial charge < -0.3 is 15.5 Å². The molecule has 0 atom stereocenters. The molecule has 1 heterocycles. The first kappa shape index (κ1) is 22.5. The van der Waals surface area contributed by atoms with Crippen LogP contribution in [-0.4, -0.2) is 54.3 Å². The second-order valence-electron chi connectivity index (χ2n) is 6.68. The fourth-order valence-corrected chi connectivity index (χ4v) is 3.16. The van der Waals surface area contributed by atoms with E-state index in [9.17, 15) is 9.59 Å². The highest BCUT2D eigenvalue weighted by Crippen LogP contribution is 2.12. The van der Waals surface area contributed by atoms with Gasteiger partial charge in [0.1, 0.15) is 0 Å². The van der Waals surface area contributed by atoms with Crippen LogP contribution in [0.3, 0.4) is 0 Å². The third kappa shape index (κ3) is 6.61. The highest BCUT2D eigenvalue weighted by molar-refractivity contribution is 5.94. The SMILES string of the molecule is CCc1ccc(C(=O)N2CCN(C(=O)CCCCCCN)CC2)cc1.Cl. The molecule has 26 heavy (non-hydrogen) atoms. The predicted molar refractivity (Wildman–Crippen MR) is 108 cm³/mol. The summed E-state index contributed by atoms with van der Waals surface area (Å²) in [7, 11) is 0. The summed E-state index contributed by atoms with van der Waals surface area (Å²) in [6, 6.07) is 7.83. The average molecular weight is 382 g/mol. The van der Waals surface area contributed by atoms with Crippen LogP contribution in [0.4, 0.5) is 0 Å². The quantitative estimate of drug-likeness (QED) is 0.704. The number of nitrogens with zero attached hydrogens (tertiary/aromatic N) is 2. The molecule has 1 fully saturated rings. The van der Waals surface area contributed by atoms with E-state index < -0.39 is 0 Å². The Labute approximate surface area is 163 Å². The van der Waals surface area contributed by atoms with Crippen LogP contribution in [0.15, 0.2) is 24.3 Å². The summed E-state index contributed by atoms with van der Waals surface area (Å²) in [6.07, 6.45) is 5.71. The fraction of sp³-hybridized carbons (Fsp3) is 0.600. The highest BCUT2D eigenvalue weighted by atomic mass is 35.5. The van der Waals surface area contributed by atoms with Crippen molar-refractivity contribution < 1.29 is 9.59 Å². The zero-order chi connectivity index (χ0) is 18.1. The van der Waals surface area contributed by atoms with Crippen LogP contribution in [0.1, 0.15) is 54.9 Å². The van der Waals surface area contributed by atoms with Gasteiger partial charge in [-0.05, 0) is 43.5 Å². The van der Waals surface area contributed by atoms with Crippen molar-refractivity contribution in [2.24, 2.45) is 5.73 Å². The summed E-state index contributed by atoms with van der Waals surface area (Å²) >= 11 is 0. The molecule has 1 aromatic rings. The van der Waals surface area contributed by atoms with E-state index in [1.54, 1.807) is 0 Å². The number of carbonyl (C=O) groups excluding carboxylic acids is 2. The standard InChI is InChI=1S/C20H31N3O2.ClH/c1-2-17-8-10-18(11-9-17)20(25)23-15-13-22(14-16-23)19(24)7-5-3-4-6-12-21;/h8-11H,2-7,12-16,21H2,1H3;1H. The van der Waals surface area contributed by atoms with E-state index in [0.29, 0.717) is 32.6 Å². The van der Waals surface area contributed by atoms with Crippen LogP contribution in [0.2, 0.25) is 0 Å². The second kappa shape index (κ2) is 11.9. The Morgan fingerprint density at radius 3 is 2.08 bits per heavy atom. The maximum absolute atomic E-state index is 12.6. The van der Waals surface area contributed by atoms with Crippen LogP contribution in [0.25, 0.3) is 0 Å². The maximum atomic E-state index is 12.6. The predicted octanol–water partition coefficient (Wildman–Crippen LogP) is 2.86. The molecule has 0 unspecified atom stereocenters. The Bertz CT molecular complexity index is 555. The highest BCUT2D eigenvalue weighted by Gasteiger charge is 2.24. The van der Waals surface area contributed by atoms with E-state index in [1.165, 1.54) is 5.56 Å². The molecule has 1 saturated heterocycles. The van der Waals surface area contributed by atoms with Gasteiger partial charge in [-0.25, -0.2) is 0 Å². The van der Waals surface area contributed by atoms with E-state index in [0.717, 1.165) is 44.2 Å². The largest absolute Gasteiger partial charge is 0.339 e. The third-order valence-electron chi connectivity index (χ3n) is 4.87. The molecular formula is C20H32ClN3O2. The van der Waals surface area contributed by atoms with Gasteiger partial charge in [-0.1, -0.05) is 31.9 Å². The molecule has 0 aromatic heterocycles. The molecule has 0 bridgehead atoms. The molecule has 0 saturated carbocycles. The van der Waals surface area contributed by atoms with E-state index in [-0.39, 0.29) is 24.2 Å². The molecule has 146 valence electrons. The van der Waals surface area contributed by atoms with Gasteiger partial charge in [0.2, 0.25) is 5.91 Å². The van der Waals surface area contributed by atoms with Gasteiger partial charge in [-0.2, -0.15) is 0 Å². The number of rotatable bonds is 8. The number of hydrogen-bond acceptors (Lipinski definition) is 3. The van der Waals surface area contributed by atoms with Crippen molar-refractivity contribution in [3.05, 3.63) is 35.4 Å². The van der Waals surface area contributed by atoms with Crippen molar-refractivity contribution in [2.45, 2.75) is 45.4 Å². The molecule has 1 aliphatic heterocycles. The molecule has 2 rings (SSSR count). The second-order valence-corrected chi connectivity index (χ2v) is 6.68. The average Bonchev–Trinajstić information content (AvgIpc) is 2.67. The number of nitrogens with two attached hydrogens (primary N) is 1. The van der Waals surface area contributed by atoms with Gasteiger partial charge in [0.05, 0.1) is 0 Å². The molecule has 2 N–H and O–H groups in total. The Hall–Kier alpha value is -1.59. The van der Waals surface area contributed by atoms with Crippen LogP contribution in [-0.2, 0) is 11.2 Å². The van der Waals surface area contributed by atoms with Crippen molar-refractivity contribution in [3.8, 4) is 0 Å². The zero-order valence-electron chi connectivity index (χ0n) is 15.8. The summed E-state index contributed by atoms with van der Waals surface area (Å²) < 4.78 is 0. The Balaban J connectivity index is 0.00000338. The maximum Gasteiger partial charge on any atom is 0.253 e. The zero-order valence-corrected chi connectivity index (χ0v) is 16.6. The monoisotopic (exact) mass is 381 g/mol. The number of halogens is 1. The van der Waals surface area contributed by atoms with E-state index in [4.69, 9.17) is 5.73 Å². The van der Waals surface area contributed by atoms with Gasteiger partial charge in [0.25, 0.3) is 5.91 Å². The smallest absolute Gasteiger partial charge is 0.253 e. The normalized spacial score (nSPS) is 14.1. The lowest BCUT2D eigenvalue weighted by molar-refractivity contribution is -0.132. The summed E-state index contributed by atoms with van der Waals surface area (Å²) in [5.41, 5.74) is 7.44. The fourth-order valence-electron chi connectivity index (χ4n) is 3.16. The van der Waals surface area contributed by atoms with E-state index in [1.807, 2.05) is 34.1 Å². The molecular weight excluding hydrogens is 350 g/mol. The van der Waals surface area contributed by atoms with Crippen molar-refractivity contribution in [3.63, 3.8) is 0 Å². The van der Waals surface area contributed by atoms with Crippen LogP contribution >= 0.6 is 12.4 Å². The number of aryl methyl sites for hydroxylation is 1. The number of amides is 2. The minimum Gasteiger partial charge on any atom is -0.339 e. The van der Waals surface area contributed by atoms with Gasteiger partial charge in [-0.15, -0.1) is 12.4 Å². The Morgan fingerprint density at radius 2 is 1.50 bits per heavy atom. The van der Waals surface area contributed by atoms with Gasteiger partial charge in [0.15, 0.2) is 0 Å². The first-order valence-electron chi connectivity index (χ1n) is 9.51. The van der Waals surface area contributed by atoms with Gasteiger partial charge >= 0.3 is 0 Å². The molecule has 0 spiro atoms. The number of unbranched alkanes of at least 4 members (excludes halogenated alkanes) is 3. The molecule has 1 aliphatic rings.